The van der Waals surface area contributed by atoms with Crippen molar-refractivity contribution in [3.05, 3.63) is 29.8 Å². The van der Waals surface area contributed by atoms with Crippen molar-refractivity contribution in [2.75, 3.05) is 0 Å². The Balaban J connectivity index is 2.71. The van der Waals surface area contributed by atoms with Gasteiger partial charge in [0.2, 0.25) is 5.91 Å². The quantitative estimate of drug-likeness (QED) is 0.829. The fraction of sp³-hybridized carbons (Fsp3) is 0.533. The van der Waals surface area contributed by atoms with E-state index in [0.717, 1.165) is 11.3 Å². The van der Waals surface area contributed by atoms with E-state index in [2.05, 4.69) is 5.32 Å². The topological polar surface area (TPSA) is 64.4 Å². The molecule has 0 aliphatic rings. The van der Waals surface area contributed by atoms with Crippen molar-refractivity contribution in [2.24, 2.45) is 5.73 Å². The van der Waals surface area contributed by atoms with Crippen molar-refractivity contribution in [1.82, 2.24) is 5.32 Å². The van der Waals surface area contributed by atoms with Crippen molar-refractivity contribution in [1.29, 1.82) is 0 Å². The lowest BCUT2D eigenvalue weighted by Gasteiger charge is -2.18. The molecule has 0 saturated heterocycles. The van der Waals surface area contributed by atoms with E-state index in [9.17, 15) is 4.79 Å². The molecule has 106 valence electrons. The zero-order chi connectivity index (χ0) is 14.4. The maximum Gasteiger partial charge on any atom is 0.237 e. The molecule has 0 radical (unpaired) electrons. The van der Waals surface area contributed by atoms with Gasteiger partial charge in [-0.05, 0) is 44.9 Å². The van der Waals surface area contributed by atoms with Crippen LogP contribution in [0.4, 0.5) is 0 Å². The van der Waals surface area contributed by atoms with E-state index in [0.29, 0.717) is 6.42 Å². The van der Waals surface area contributed by atoms with Crippen LogP contribution < -0.4 is 15.8 Å². The summed E-state index contributed by atoms with van der Waals surface area (Å²) < 4.78 is 5.64. The smallest absolute Gasteiger partial charge is 0.237 e. The van der Waals surface area contributed by atoms with Gasteiger partial charge in [-0.25, -0.2) is 0 Å². The minimum Gasteiger partial charge on any atom is -0.491 e. The van der Waals surface area contributed by atoms with Crippen LogP contribution in [0.5, 0.6) is 5.75 Å². The average Bonchev–Trinajstić information content (AvgIpc) is 2.37. The molecule has 4 nitrogen and oxygen atoms in total. The number of amides is 1. The summed E-state index contributed by atoms with van der Waals surface area (Å²) in [7, 11) is 0. The summed E-state index contributed by atoms with van der Waals surface area (Å²) in [5.41, 5.74) is 6.71. The predicted octanol–water partition coefficient (Wildman–Crippen LogP) is 2.39. The van der Waals surface area contributed by atoms with Crippen molar-refractivity contribution in [3.8, 4) is 5.75 Å². The number of nitrogens with two attached hydrogens (primary N) is 1. The lowest BCUT2D eigenvalue weighted by Crippen LogP contribution is -2.41. The van der Waals surface area contributed by atoms with Gasteiger partial charge in [0.1, 0.15) is 5.75 Å². The second-order valence-electron chi connectivity index (χ2n) is 4.98. The van der Waals surface area contributed by atoms with E-state index in [-0.39, 0.29) is 18.1 Å². The largest absolute Gasteiger partial charge is 0.491 e. The first-order valence-electron chi connectivity index (χ1n) is 6.76. The van der Waals surface area contributed by atoms with Crippen LogP contribution in [-0.2, 0) is 4.79 Å². The highest BCUT2D eigenvalue weighted by Crippen LogP contribution is 2.20. The third-order valence-corrected chi connectivity index (χ3v) is 2.87. The second-order valence-corrected chi connectivity index (χ2v) is 4.98. The monoisotopic (exact) mass is 264 g/mol. The number of hydrogen-bond donors (Lipinski definition) is 2. The predicted molar refractivity (Wildman–Crippen MR) is 77.0 cm³/mol. The molecule has 0 heterocycles. The van der Waals surface area contributed by atoms with Gasteiger partial charge in [-0.2, -0.15) is 0 Å². The van der Waals surface area contributed by atoms with E-state index in [1.165, 1.54) is 0 Å². The van der Waals surface area contributed by atoms with Gasteiger partial charge in [0, 0.05) is 0 Å². The normalized spacial score (nSPS) is 14.0. The van der Waals surface area contributed by atoms with E-state index in [1.807, 2.05) is 52.0 Å². The van der Waals surface area contributed by atoms with E-state index >= 15 is 0 Å². The number of carbonyl (C=O) groups is 1. The van der Waals surface area contributed by atoms with Gasteiger partial charge in [-0.3, -0.25) is 4.79 Å². The molecular weight excluding hydrogens is 240 g/mol. The maximum atomic E-state index is 11.8. The first-order valence-corrected chi connectivity index (χ1v) is 6.76. The highest BCUT2D eigenvalue weighted by Gasteiger charge is 2.15. The number of ether oxygens (including phenoxy) is 1. The minimum absolute atomic E-state index is 0.0826. The van der Waals surface area contributed by atoms with Gasteiger partial charge in [0.15, 0.2) is 0 Å². The molecule has 0 fully saturated rings. The summed E-state index contributed by atoms with van der Waals surface area (Å²) in [6, 6.07) is 7.22. The average molecular weight is 264 g/mol. The van der Waals surface area contributed by atoms with Crippen LogP contribution in [0, 0.1) is 0 Å². The lowest BCUT2D eigenvalue weighted by molar-refractivity contribution is -0.123. The molecule has 1 aromatic rings. The number of benzene rings is 1. The van der Waals surface area contributed by atoms with Gasteiger partial charge >= 0.3 is 0 Å². The number of nitrogens with one attached hydrogen (secondary N) is 1. The first-order chi connectivity index (χ1) is 8.93. The number of hydrogen-bond acceptors (Lipinski definition) is 3. The molecule has 0 bridgehead atoms. The fourth-order valence-electron chi connectivity index (χ4n) is 1.72. The Morgan fingerprint density at radius 2 is 2.05 bits per heavy atom. The van der Waals surface area contributed by atoms with Crippen LogP contribution in [0.3, 0.4) is 0 Å². The summed E-state index contributed by atoms with van der Waals surface area (Å²) in [6.45, 7) is 7.80. The van der Waals surface area contributed by atoms with Crippen molar-refractivity contribution < 1.29 is 9.53 Å². The molecule has 0 aromatic heterocycles. The Hall–Kier alpha value is -1.55. The Morgan fingerprint density at radius 3 is 2.63 bits per heavy atom. The standard InChI is InChI=1S/C15H24N2O2/c1-5-14(16)15(18)17-11(4)12-7-6-8-13(9-12)19-10(2)3/h6-11,14H,5,16H2,1-4H3,(H,17,18)/t11?,14-/m1/s1. The molecule has 3 N–H and O–H groups in total. The van der Waals surface area contributed by atoms with E-state index in [4.69, 9.17) is 10.5 Å². The molecule has 1 rings (SSSR count). The highest BCUT2D eigenvalue weighted by atomic mass is 16.5. The molecule has 4 heteroatoms. The van der Waals surface area contributed by atoms with Crippen molar-refractivity contribution in [3.63, 3.8) is 0 Å². The van der Waals surface area contributed by atoms with Crippen LogP contribution in [0.15, 0.2) is 24.3 Å². The second kappa shape index (κ2) is 7.14. The maximum absolute atomic E-state index is 11.8. The molecule has 0 aliphatic carbocycles. The van der Waals surface area contributed by atoms with E-state index in [1.54, 1.807) is 0 Å². The van der Waals surface area contributed by atoms with Crippen LogP contribution >= 0.6 is 0 Å². The Morgan fingerprint density at radius 1 is 1.37 bits per heavy atom. The summed E-state index contributed by atoms with van der Waals surface area (Å²) in [5, 5.41) is 2.91. The van der Waals surface area contributed by atoms with Crippen molar-refractivity contribution in [2.45, 2.75) is 52.3 Å². The molecule has 0 aliphatic heterocycles. The molecular formula is C15H24N2O2. The summed E-state index contributed by atoms with van der Waals surface area (Å²) in [4.78, 5) is 11.8. The number of carbonyl (C=O) groups excluding carboxylic acids is 1. The van der Waals surface area contributed by atoms with E-state index < -0.39 is 6.04 Å². The lowest BCUT2D eigenvalue weighted by atomic mass is 10.1. The van der Waals surface area contributed by atoms with Crippen LogP contribution in [0.2, 0.25) is 0 Å². The fourth-order valence-corrected chi connectivity index (χ4v) is 1.72. The van der Waals surface area contributed by atoms with Gasteiger partial charge in [-0.1, -0.05) is 19.1 Å². The Kier molecular flexibility index (Phi) is 5.83. The van der Waals surface area contributed by atoms with Gasteiger partial charge < -0.3 is 15.8 Å². The zero-order valence-corrected chi connectivity index (χ0v) is 12.1. The van der Waals surface area contributed by atoms with Gasteiger partial charge in [0.25, 0.3) is 0 Å². The molecule has 1 amide bonds. The SMILES string of the molecule is CC[C@@H](N)C(=O)NC(C)c1cccc(OC(C)C)c1. The molecule has 2 atom stereocenters. The Labute approximate surface area is 115 Å². The molecule has 0 saturated carbocycles. The molecule has 1 unspecified atom stereocenters. The highest BCUT2D eigenvalue weighted by molar-refractivity contribution is 5.81. The van der Waals surface area contributed by atoms with Gasteiger partial charge in [0.05, 0.1) is 18.2 Å². The van der Waals surface area contributed by atoms with Gasteiger partial charge in [-0.15, -0.1) is 0 Å². The zero-order valence-electron chi connectivity index (χ0n) is 12.1. The first kappa shape index (κ1) is 15.5. The van der Waals surface area contributed by atoms with Crippen LogP contribution in [0.25, 0.3) is 0 Å². The third-order valence-electron chi connectivity index (χ3n) is 2.87. The molecule has 1 aromatic carbocycles. The minimum atomic E-state index is -0.447. The summed E-state index contributed by atoms with van der Waals surface area (Å²) >= 11 is 0. The Bertz CT molecular complexity index is 418. The van der Waals surface area contributed by atoms with Crippen molar-refractivity contribution >= 4 is 5.91 Å². The van der Waals surface area contributed by atoms with Crippen LogP contribution in [-0.4, -0.2) is 18.1 Å². The third kappa shape index (κ3) is 4.91. The molecule has 0 spiro atoms. The number of rotatable bonds is 6. The summed E-state index contributed by atoms with van der Waals surface area (Å²) in [5.74, 6) is 0.693. The van der Waals surface area contributed by atoms with Crippen LogP contribution in [0.1, 0.15) is 45.7 Å². The summed E-state index contributed by atoms with van der Waals surface area (Å²) in [6.07, 6.45) is 0.767. The molecule has 19 heavy (non-hydrogen) atoms.